The molecule has 5 heteroatoms. The molecule has 0 amide bonds. The zero-order chi connectivity index (χ0) is 18.8. The molecule has 0 aliphatic carbocycles. The van der Waals surface area contributed by atoms with Gasteiger partial charge in [-0.1, -0.05) is 72.3 Å². The topological polar surface area (TPSA) is 50.8 Å². The number of aromatic nitrogens is 2. The van der Waals surface area contributed by atoms with E-state index in [0.29, 0.717) is 17.7 Å². The first-order valence-electron chi connectivity index (χ1n) is 9.00. The number of Topliss-reactive ketones (excluding diaryl/α,β-unsaturated/α-hetero) is 1. The van der Waals surface area contributed by atoms with Crippen molar-refractivity contribution in [2.45, 2.75) is 20.0 Å². The summed E-state index contributed by atoms with van der Waals surface area (Å²) in [5.74, 6) is 0.00680. The van der Waals surface area contributed by atoms with E-state index in [0.717, 1.165) is 16.6 Å². The van der Waals surface area contributed by atoms with Crippen molar-refractivity contribution < 1.29 is 21.8 Å². The molecule has 1 N–H and O–H groups in total. The van der Waals surface area contributed by atoms with Gasteiger partial charge in [0.1, 0.15) is 0 Å². The third kappa shape index (κ3) is 3.85. The van der Waals surface area contributed by atoms with Crippen LogP contribution in [0.25, 0.3) is 11.0 Å². The summed E-state index contributed by atoms with van der Waals surface area (Å²) >= 11 is 0. The molecule has 1 heterocycles. The highest BCUT2D eigenvalue weighted by Gasteiger charge is 2.14. The van der Waals surface area contributed by atoms with Gasteiger partial charge in [-0.25, -0.2) is 0 Å². The summed E-state index contributed by atoms with van der Waals surface area (Å²) in [4.78, 5) is 12.7. The Balaban J connectivity index is 0.00000225. The van der Waals surface area contributed by atoms with Crippen LogP contribution in [-0.4, -0.2) is 14.9 Å². The normalized spacial score (nSPS) is 10.6. The van der Waals surface area contributed by atoms with Crippen molar-refractivity contribution in [1.29, 1.82) is 5.41 Å². The minimum atomic E-state index is 0. The average molecular weight is 435 g/mol. The van der Waals surface area contributed by atoms with Gasteiger partial charge in [0.15, 0.2) is 5.78 Å². The second-order valence-electron chi connectivity index (χ2n) is 6.76. The third-order valence-electron chi connectivity index (χ3n) is 4.83. The summed E-state index contributed by atoms with van der Waals surface area (Å²) in [6.45, 7) is 2.82. The molecule has 0 radical (unpaired) electrons. The molecule has 28 heavy (non-hydrogen) atoms. The molecule has 0 aliphatic rings. The Hall–Kier alpha value is -2.92. The van der Waals surface area contributed by atoms with Crippen LogP contribution in [-0.2, 0) is 13.1 Å². The molecule has 0 unspecified atom stereocenters. The lowest BCUT2D eigenvalue weighted by atomic mass is 10.1. The summed E-state index contributed by atoms with van der Waals surface area (Å²) < 4.78 is 3.75. The number of hydrogen-bond acceptors (Lipinski definition) is 2. The second-order valence-corrected chi connectivity index (χ2v) is 6.76. The SMILES string of the molecule is Cc1ccc(Cn2c(=N)n(CC(=O)c3ccccc3)c3ccccc32)cc1.[Br-]. The van der Waals surface area contributed by atoms with Crippen LogP contribution in [0.5, 0.6) is 0 Å². The zero-order valence-electron chi connectivity index (χ0n) is 15.6. The fraction of sp³-hybridized carbons (Fsp3) is 0.130. The first kappa shape index (κ1) is 19.8. The van der Waals surface area contributed by atoms with E-state index in [-0.39, 0.29) is 29.3 Å². The van der Waals surface area contributed by atoms with Crippen molar-refractivity contribution in [1.82, 2.24) is 9.13 Å². The highest BCUT2D eigenvalue weighted by atomic mass is 79.9. The fourth-order valence-electron chi connectivity index (χ4n) is 3.35. The number of fused-ring (bicyclic) bond motifs is 1. The highest BCUT2D eigenvalue weighted by Crippen LogP contribution is 2.16. The van der Waals surface area contributed by atoms with Crippen LogP contribution < -0.4 is 22.6 Å². The van der Waals surface area contributed by atoms with Crippen LogP contribution >= 0.6 is 0 Å². The lowest BCUT2D eigenvalue weighted by molar-refractivity contribution is -0.0000136. The molecule has 0 fully saturated rings. The van der Waals surface area contributed by atoms with Crippen molar-refractivity contribution in [3.05, 3.63) is 101 Å². The van der Waals surface area contributed by atoms with Crippen molar-refractivity contribution in [3.63, 3.8) is 0 Å². The smallest absolute Gasteiger partial charge is 0.203 e. The molecule has 142 valence electrons. The number of nitrogens with one attached hydrogen (secondary N) is 1. The summed E-state index contributed by atoms with van der Waals surface area (Å²) in [7, 11) is 0. The van der Waals surface area contributed by atoms with Crippen molar-refractivity contribution in [3.8, 4) is 0 Å². The molecule has 0 atom stereocenters. The van der Waals surface area contributed by atoms with Gasteiger partial charge in [0.05, 0.1) is 24.1 Å². The Bertz CT molecular complexity index is 1160. The Labute approximate surface area is 174 Å². The average Bonchev–Trinajstić information content (AvgIpc) is 2.96. The number of imidazole rings is 1. The van der Waals surface area contributed by atoms with Gasteiger partial charge in [-0.05, 0) is 24.6 Å². The van der Waals surface area contributed by atoms with Crippen LogP contribution in [0.4, 0.5) is 0 Å². The molecule has 4 rings (SSSR count). The molecular weight excluding hydrogens is 414 g/mol. The number of para-hydroxylation sites is 2. The maximum absolute atomic E-state index is 12.7. The molecule has 0 bridgehead atoms. The van der Waals surface area contributed by atoms with E-state index in [1.807, 2.05) is 59.2 Å². The van der Waals surface area contributed by atoms with Gasteiger partial charge in [-0.2, -0.15) is 0 Å². The predicted molar refractivity (Wildman–Crippen MR) is 107 cm³/mol. The molecule has 0 saturated heterocycles. The maximum Gasteiger partial charge on any atom is 0.203 e. The number of carbonyl (C=O) groups is 1. The van der Waals surface area contributed by atoms with Crippen molar-refractivity contribution >= 4 is 16.8 Å². The number of nitrogens with zero attached hydrogens (tertiary/aromatic N) is 2. The largest absolute Gasteiger partial charge is 1.00 e. The van der Waals surface area contributed by atoms with Crippen LogP contribution in [0.1, 0.15) is 21.5 Å². The number of carbonyl (C=O) groups excluding carboxylic acids is 1. The number of ketones is 1. The maximum atomic E-state index is 12.7. The quantitative estimate of drug-likeness (QED) is 0.471. The Morgan fingerprint density at radius 1 is 0.821 bits per heavy atom. The first-order valence-corrected chi connectivity index (χ1v) is 9.00. The van der Waals surface area contributed by atoms with Crippen LogP contribution in [0.3, 0.4) is 0 Å². The number of halogens is 1. The van der Waals surface area contributed by atoms with E-state index in [4.69, 9.17) is 5.41 Å². The molecular formula is C23H21BrN3O-. The summed E-state index contributed by atoms with van der Waals surface area (Å²) in [5.41, 5.74) is 5.21. The van der Waals surface area contributed by atoms with E-state index in [2.05, 4.69) is 31.2 Å². The van der Waals surface area contributed by atoms with E-state index in [1.165, 1.54) is 5.56 Å². The number of rotatable bonds is 5. The Morgan fingerprint density at radius 2 is 1.39 bits per heavy atom. The zero-order valence-corrected chi connectivity index (χ0v) is 17.2. The Kier molecular flexibility index (Phi) is 5.95. The van der Waals surface area contributed by atoms with Gasteiger partial charge in [0.25, 0.3) is 0 Å². The van der Waals surface area contributed by atoms with Gasteiger partial charge in [0.2, 0.25) is 5.62 Å². The van der Waals surface area contributed by atoms with Crippen LogP contribution in [0.15, 0.2) is 78.9 Å². The second kappa shape index (κ2) is 8.40. The summed E-state index contributed by atoms with van der Waals surface area (Å²) in [5, 5.41) is 8.70. The first-order chi connectivity index (χ1) is 13.1. The minimum absolute atomic E-state index is 0. The fourth-order valence-corrected chi connectivity index (χ4v) is 3.35. The van der Waals surface area contributed by atoms with Gasteiger partial charge < -0.3 is 26.1 Å². The summed E-state index contributed by atoms with van der Waals surface area (Å²) in [6, 6.07) is 25.5. The van der Waals surface area contributed by atoms with Crippen molar-refractivity contribution in [2.75, 3.05) is 0 Å². The van der Waals surface area contributed by atoms with Gasteiger partial charge in [-0.3, -0.25) is 10.2 Å². The molecule has 1 aromatic heterocycles. The number of hydrogen-bond donors (Lipinski definition) is 1. The van der Waals surface area contributed by atoms with Gasteiger partial charge in [-0.15, -0.1) is 0 Å². The highest BCUT2D eigenvalue weighted by molar-refractivity contribution is 5.96. The summed E-state index contributed by atoms with van der Waals surface area (Å²) in [6.07, 6.45) is 0. The Morgan fingerprint density at radius 3 is 2.04 bits per heavy atom. The van der Waals surface area contributed by atoms with E-state index in [9.17, 15) is 4.79 Å². The molecule has 0 saturated carbocycles. The number of aryl methyl sites for hydroxylation is 1. The van der Waals surface area contributed by atoms with Gasteiger partial charge in [0, 0.05) is 5.56 Å². The van der Waals surface area contributed by atoms with E-state index >= 15 is 0 Å². The monoisotopic (exact) mass is 434 g/mol. The lowest BCUT2D eigenvalue weighted by Gasteiger charge is -2.06. The predicted octanol–water partition coefficient (Wildman–Crippen LogP) is 1.17. The molecule has 4 nitrogen and oxygen atoms in total. The van der Waals surface area contributed by atoms with Crippen molar-refractivity contribution in [2.24, 2.45) is 0 Å². The van der Waals surface area contributed by atoms with E-state index in [1.54, 1.807) is 4.57 Å². The third-order valence-corrected chi connectivity index (χ3v) is 4.83. The van der Waals surface area contributed by atoms with Crippen LogP contribution in [0, 0.1) is 12.3 Å². The van der Waals surface area contributed by atoms with Crippen LogP contribution in [0.2, 0.25) is 0 Å². The minimum Gasteiger partial charge on any atom is -1.00 e. The standard InChI is InChI=1S/C23H21N3O.BrH/c1-17-11-13-18(14-12-17)15-25-20-9-5-6-10-21(20)26(23(25)24)16-22(27)19-7-3-2-4-8-19;/h2-14,24H,15-16H2,1H3;1H/p-1. The molecule has 3 aromatic carbocycles. The lowest BCUT2D eigenvalue weighted by Crippen LogP contribution is -3.00. The molecule has 4 aromatic rings. The van der Waals surface area contributed by atoms with E-state index < -0.39 is 0 Å². The molecule has 0 spiro atoms. The van der Waals surface area contributed by atoms with Gasteiger partial charge >= 0.3 is 0 Å². The number of benzene rings is 3. The molecule has 0 aliphatic heterocycles.